The Morgan fingerprint density at radius 1 is 1.37 bits per heavy atom. The molecular weight excluding hydrogens is 250 g/mol. The second-order valence-electron chi connectivity index (χ2n) is 7.52. The molecule has 4 unspecified atom stereocenters. The topological polar surface area (TPSA) is 12.0 Å². The molecule has 1 N–H and O–H groups in total. The third kappa shape index (κ3) is 1.83. The highest BCUT2D eigenvalue weighted by Crippen LogP contribution is 2.65. The van der Waals surface area contributed by atoms with Crippen LogP contribution in [0.3, 0.4) is 0 Å². The average molecular weight is 277 g/mol. The molecule has 2 aliphatic rings. The first kappa shape index (κ1) is 13.6. The number of nitrogens with one attached hydrogen (secondary N) is 1. The van der Waals surface area contributed by atoms with Crippen LogP contribution < -0.4 is 5.32 Å². The molecule has 0 amide bonds. The van der Waals surface area contributed by atoms with Crippen molar-refractivity contribution in [3.8, 4) is 0 Å². The van der Waals surface area contributed by atoms with Gasteiger partial charge in [0.05, 0.1) is 0 Å². The van der Waals surface area contributed by atoms with Crippen molar-refractivity contribution in [3.05, 3.63) is 21.9 Å². The zero-order chi connectivity index (χ0) is 13.8. The fourth-order valence-corrected chi connectivity index (χ4v) is 5.61. The van der Waals surface area contributed by atoms with Gasteiger partial charge in [0.1, 0.15) is 0 Å². The van der Waals surface area contributed by atoms with Crippen LogP contribution in [0.5, 0.6) is 0 Å². The number of aryl methyl sites for hydroxylation is 1. The van der Waals surface area contributed by atoms with E-state index in [9.17, 15) is 0 Å². The monoisotopic (exact) mass is 277 g/mol. The molecule has 19 heavy (non-hydrogen) atoms. The van der Waals surface area contributed by atoms with Gasteiger partial charge in [0.15, 0.2) is 0 Å². The van der Waals surface area contributed by atoms with Crippen molar-refractivity contribution in [2.24, 2.45) is 16.7 Å². The molecular formula is C17H27NS. The Balaban J connectivity index is 1.77. The minimum Gasteiger partial charge on any atom is -0.306 e. The highest BCUT2D eigenvalue weighted by atomic mass is 32.1. The lowest BCUT2D eigenvalue weighted by Crippen LogP contribution is -2.45. The maximum absolute atomic E-state index is 3.96. The SMILES string of the molecule is Cc1ccsc1C(C)NC1CC2CCC1(C)C2(C)C. The third-order valence-corrected chi connectivity index (χ3v) is 7.74. The van der Waals surface area contributed by atoms with E-state index in [1.807, 2.05) is 11.3 Å². The molecule has 2 bridgehead atoms. The second-order valence-corrected chi connectivity index (χ2v) is 8.47. The summed E-state index contributed by atoms with van der Waals surface area (Å²) in [6.07, 6.45) is 4.21. The Hall–Kier alpha value is -0.340. The van der Waals surface area contributed by atoms with Gasteiger partial charge in [0.25, 0.3) is 0 Å². The summed E-state index contributed by atoms with van der Waals surface area (Å²) in [5.74, 6) is 0.923. The highest BCUT2D eigenvalue weighted by molar-refractivity contribution is 7.10. The fourth-order valence-electron chi connectivity index (χ4n) is 4.66. The molecule has 106 valence electrons. The van der Waals surface area contributed by atoms with E-state index in [-0.39, 0.29) is 0 Å². The first-order chi connectivity index (χ1) is 8.86. The van der Waals surface area contributed by atoms with Gasteiger partial charge in [-0.15, -0.1) is 11.3 Å². The molecule has 0 aromatic carbocycles. The lowest BCUT2D eigenvalue weighted by atomic mass is 9.69. The number of fused-ring (bicyclic) bond motifs is 2. The summed E-state index contributed by atoms with van der Waals surface area (Å²) in [6.45, 7) is 12.1. The molecule has 2 aliphatic carbocycles. The standard InChI is InChI=1S/C17H27NS/c1-11-7-9-19-15(11)12(2)18-14-10-13-6-8-17(14,5)16(13,3)4/h7,9,12-14,18H,6,8,10H2,1-5H3. The number of hydrogen-bond acceptors (Lipinski definition) is 2. The van der Waals surface area contributed by atoms with Crippen molar-refractivity contribution >= 4 is 11.3 Å². The van der Waals surface area contributed by atoms with Crippen LogP contribution in [0.2, 0.25) is 0 Å². The van der Waals surface area contributed by atoms with Crippen LogP contribution >= 0.6 is 11.3 Å². The Kier molecular flexibility index (Phi) is 3.10. The maximum Gasteiger partial charge on any atom is 0.0391 e. The molecule has 0 radical (unpaired) electrons. The van der Waals surface area contributed by atoms with Gasteiger partial charge < -0.3 is 5.32 Å². The Labute approximate surface area is 121 Å². The van der Waals surface area contributed by atoms with Crippen molar-refractivity contribution in [2.75, 3.05) is 0 Å². The van der Waals surface area contributed by atoms with Crippen molar-refractivity contribution in [3.63, 3.8) is 0 Å². The molecule has 0 aliphatic heterocycles. The molecule has 4 atom stereocenters. The molecule has 1 aromatic rings. The van der Waals surface area contributed by atoms with Crippen LogP contribution in [0.1, 0.15) is 63.4 Å². The Bertz CT molecular complexity index is 475. The summed E-state index contributed by atoms with van der Waals surface area (Å²) in [5.41, 5.74) is 2.43. The third-order valence-electron chi connectivity index (χ3n) is 6.54. The molecule has 1 aromatic heterocycles. The van der Waals surface area contributed by atoms with E-state index >= 15 is 0 Å². The largest absolute Gasteiger partial charge is 0.306 e. The summed E-state index contributed by atoms with van der Waals surface area (Å²) in [7, 11) is 0. The smallest absolute Gasteiger partial charge is 0.0391 e. The van der Waals surface area contributed by atoms with Crippen LogP contribution in [0.4, 0.5) is 0 Å². The molecule has 2 saturated carbocycles. The summed E-state index contributed by atoms with van der Waals surface area (Å²) in [5, 5.41) is 6.18. The van der Waals surface area contributed by atoms with Crippen molar-refractivity contribution in [2.45, 2.75) is 66.0 Å². The minimum absolute atomic E-state index is 0.483. The highest BCUT2D eigenvalue weighted by Gasteiger charge is 2.61. The molecule has 0 spiro atoms. The number of thiophene rings is 1. The fraction of sp³-hybridized carbons (Fsp3) is 0.765. The number of hydrogen-bond donors (Lipinski definition) is 1. The van der Waals surface area contributed by atoms with E-state index in [4.69, 9.17) is 0 Å². The van der Waals surface area contributed by atoms with E-state index in [0.717, 1.165) is 5.92 Å². The van der Waals surface area contributed by atoms with Crippen LogP contribution in [0, 0.1) is 23.7 Å². The van der Waals surface area contributed by atoms with Crippen molar-refractivity contribution in [1.29, 1.82) is 0 Å². The lowest BCUT2D eigenvalue weighted by molar-refractivity contribution is 0.116. The van der Waals surface area contributed by atoms with Gasteiger partial charge in [-0.05, 0) is 66.9 Å². The van der Waals surface area contributed by atoms with Crippen molar-refractivity contribution in [1.82, 2.24) is 5.32 Å². The molecule has 2 fully saturated rings. The summed E-state index contributed by atoms with van der Waals surface area (Å²) in [6, 6.07) is 3.43. The van der Waals surface area contributed by atoms with E-state index in [1.165, 1.54) is 29.7 Å². The van der Waals surface area contributed by atoms with Crippen LogP contribution in [0.15, 0.2) is 11.4 Å². The maximum atomic E-state index is 3.96. The van der Waals surface area contributed by atoms with Gasteiger partial charge in [-0.25, -0.2) is 0 Å². The van der Waals surface area contributed by atoms with Gasteiger partial charge in [0.2, 0.25) is 0 Å². The second kappa shape index (κ2) is 4.33. The normalized spacial score (nSPS) is 37.7. The molecule has 2 heteroatoms. The molecule has 1 nitrogen and oxygen atoms in total. The van der Waals surface area contributed by atoms with E-state index in [2.05, 4.69) is 51.4 Å². The van der Waals surface area contributed by atoms with Gasteiger partial charge >= 0.3 is 0 Å². The first-order valence-corrected chi connectivity index (χ1v) is 8.54. The van der Waals surface area contributed by atoms with Crippen LogP contribution in [0.25, 0.3) is 0 Å². The number of rotatable bonds is 3. The Morgan fingerprint density at radius 2 is 2.11 bits per heavy atom. The zero-order valence-electron chi connectivity index (χ0n) is 12.9. The molecule has 3 rings (SSSR count). The van der Waals surface area contributed by atoms with E-state index in [1.54, 1.807) is 0 Å². The van der Waals surface area contributed by atoms with Crippen LogP contribution in [-0.4, -0.2) is 6.04 Å². The molecule has 0 saturated heterocycles. The summed E-state index contributed by atoms with van der Waals surface area (Å²) < 4.78 is 0. The lowest BCUT2D eigenvalue weighted by Gasteiger charge is -2.40. The van der Waals surface area contributed by atoms with Gasteiger partial charge in [-0.2, -0.15) is 0 Å². The summed E-state index contributed by atoms with van der Waals surface area (Å²) in [4.78, 5) is 1.52. The van der Waals surface area contributed by atoms with Gasteiger partial charge in [-0.1, -0.05) is 20.8 Å². The zero-order valence-corrected chi connectivity index (χ0v) is 13.7. The predicted octanol–water partition coefficient (Wildman–Crippen LogP) is 4.92. The van der Waals surface area contributed by atoms with E-state index in [0.29, 0.717) is 22.9 Å². The van der Waals surface area contributed by atoms with Gasteiger partial charge in [-0.3, -0.25) is 0 Å². The van der Waals surface area contributed by atoms with Crippen molar-refractivity contribution < 1.29 is 0 Å². The van der Waals surface area contributed by atoms with Gasteiger partial charge in [0, 0.05) is 17.0 Å². The Morgan fingerprint density at radius 3 is 2.58 bits per heavy atom. The predicted molar refractivity (Wildman–Crippen MR) is 83.6 cm³/mol. The molecule has 1 heterocycles. The quantitative estimate of drug-likeness (QED) is 0.826. The van der Waals surface area contributed by atoms with E-state index < -0.39 is 0 Å². The van der Waals surface area contributed by atoms with Crippen LogP contribution in [-0.2, 0) is 0 Å². The first-order valence-electron chi connectivity index (χ1n) is 7.66. The summed E-state index contributed by atoms with van der Waals surface area (Å²) >= 11 is 1.90. The average Bonchev–Trinajstić information content (AvgIpc) is 2.90. The minimum atomic E-state index is 0.483.